The molecule has 0 aliphatic carbocycles. The molecule has 4 rings (SSSR count). The number of hydrogen-bond acceptors (Lipinski definition) is 7. The zero-order valence-electron chi connectivity index (χ0n) is 15.7. The molecule has 1 aliphatic rings. The van der Waals surface area contributed by atoms with Crippen LogP contribution >= 0.6 is 0 Å². The van der Waals surface area contributed by atoms with E-state index in [0.717, 1.165) is 31.9 Å². The van der Waals surface area contributed by atoms with E-state index in [1.165, 1.54) is 18.8 Å². The van der Waals surface area contributed by atoms with Crippen molar-refractivity contribution >= 4 is 23.2 Å². The molecular formula is C20H21N5O4. The SMILES string of the molecule is NC(=O)CN1CCN(c2ccccc2NC(=O)c2coc(-c3ccoc3)n2)CC1. The lowest BCUT2D eigenvalue weighted by Crippen LogP contribution is -2.49. The fourth-order valence-corrected chi connectivity index (χ4v) is 3.31. The van der Waals surface area contributed by atoms with Gasteiger partial charge in [-0.15, -0.1) is 0 Å². The third-order valence-electron chi connectivity index (χ3n) is 4.75. The van der Waals surface area contributed by atoms with Gasteiger partial charge in [0.2, 0.25) is 11.8 Å². The maximum absolute atomic E-state index is 12.7. The number of amides is 2. The van der Waals surface area contributed by atoms with Gasteiger partial charge < -0.3 is 24.8 Å². The molecule has 9 nitrogen and oxygen atoms in total. The molecule has 1 saturated heterocycles. The standard InChI is InChI=1S/C20H21N5O4/c21-18(26)11-24-6-8-25(9-7-24)17-4-2-1-3-15(17)22-19(27)16-13-29-20(23-16)14-5-10-28-12-14/h1-5,10,12-13H,6-9,11H2,(H2,21,26)(H,22,27). The smallest absolute Gasteiger partial charge is 0.277 e. The van der Waals surface area contributed by atoms with Crippen LogP contribution in [-0.4, -0.2) is 54.4 Å². The highest BCUT2D eigenvalue weighted by molar-refractivity contribution is 6.04. The zero-order chi connectivity index (χ0) is 20.2. The van der Waals surface area contributed by atoms with Gasteiger partial charge in [0.25, 0.3) is 5.91 Å². The van der Waals surface area contributed by atoms with Crippen LogP contribution in [0.4, 0.5) is 11.4 Å². The number of para-hydroxylation sites is 2. The van der Waals surface area contributed by atoms with E-state index in [4.69, 9.17) is 14.6 Å². The number of primary amides is 1. The number of piperazine rings is 1. The molecule has 3 N–H and O–H groups in total. The minimum atomic E-state index is -0.358. The van der Waals surface area contributed by atoms with Gasteiger partial charge in [0.1, 0.15) is 12.5 Å². The van der Waals surface area contributed by atoms with E-state index in [0.29, 0.717) is 17.1 Å². The third-order valence-corrected chi connectivity index (χ3v) is 4.75. The molecule has 3 aromatic rings. The summed E-state index contributed by atoms with van der Waals surface area (Å²) in [5.41, 5.74) is 7.73. The number of furan rings is 1. The minimum absolute atomic E-state index is 0.183. The topological polar surface area (TPSA) is 118 Å². The minimum Gasteiger partial charge on any atom is -0.472 e. The van der Waals surface area contributed by atoms with Gasteiger partial charge >= 0.3 is 0 Å². The molecule has 1 fully saturated rings. The Morgan fingerprint density at radius 3 is 2.62 bits per heavy atom. The Balaban J connectivity index is 1.45. The van der Waals surface area contributed by atoms with Gasteiger partial charge in [-0.2, -0.15) is 0 Å². The van der Waals surface area contributed by atoms with Crippen LogP contribution in [-0.2, 0) is 4.79 Å². The largest absolute Gasteiger partial charge is 0.472 e. The molecule has 0 bridgehead atoms. The second kappa shape index (κ2) is 8.19. The zero-order valence-corrected chi connectivity index (χ0v) is 15.7. The molecule has 3 heterocycles. The Hall–Kier alpha value is -3.59. The summed E-state index contributed by atoms with van der Waals surface area (Å²) < 4.78 is 10.4. The van der Waals surface area contributed by atoms with Crippen molar-refractivity contribution < 1.29 is 18.4 Å². The Labute approximate surface area is 167 Å². The van der Waals surface area contributed by atoms with Crippen molar-refractivity contribution in [3.05, 3.63) is 54.8 Å². The summed E-state index contributed by atoms with van der Waals surface area (Å²) in [5.74, 6) is -0.361. The lowest BCUT2D eigenvalue weighted by molar-refractivity contribution is -0.119. The van der Waals surface area contributed by atoms with Gasteiger partial charge in [0, 0.05) is 26.2 Å². The molecule has 2 amide bonds. The lowest BCUT2D eigenvalue weighted by Gasteiger charge is -2.36. The maximum atomic E-state index is 12.7. The van der Waals surface area contributed by atoms with E-state index >= 15 is 0 Å². The van der Waals surface area contributed by atoms with Crippen LogP contribution < -0.4 is 16.0 Å². The highest BCUT2D eigenvalue weighted by Crippen LogP contribution is 2.27. The Morgan fingerprint density at radius 2 is 1.90 bits per heavy atom. The summed E-state index contributed by atoms with van der Waals surface area (Å²) in [7, 11) is 0. The molecule has 1 aromatic carbocycles. The van der Waals surface area contributed by atoms with E-state index < -0.39 is 0 Å². The number of aromatic nitrogens is 1. The summed E-state index contributed by atoms with van der Waals surface area (Å²) in [6.45, 7) is 3.17. The van der Waals surface area contributed by atoms with Gasteiger partial charge in [-0.1, -0.05) is 12.1 Å². The number of anilines is 2. The normalized spacial score (nSPS) is 14.7. The number of nitrogens with two attached hydrogens (primary N) is 1. The summed E-state index contributed by atoms with van der Waals surface area (Å²) in [5, 5.41) is 2.91. The van der Waals surface area contributed by atoms with Gasteiger partial charge in [0.05, 0.1) is 29.7 Å². The number of carbonyl (C=O) groups is 2. The summed E-state index contributed by atoms with van der Waals surface area (Å²) >= 11 is 0. The third kappa shape index (κ3) is 4.30. The van der Waals surface area contributed by atoms with Crippen LogP contribution in [0.5, 0.6) is 0 Å². The van der Waals surface area contributed by atoms with Crippen LogP contribution in [0.25, 0.3) is 11.5 Å². The summed E-state index contributed by atoms with van der Waals surface area (Å²) in [4.78, 5) is 32.2. The highest BCUT2D eigenvalue weighted by atomic mass is 16.3. The molecule has 0 spiro atoms. The predicted molar refractivity (Wildman–Crippen MR) is 106 cm³/mol. The first-order valence-corrected chi connectivity index (χ1v) is 9.24. The first-order chi connectivity index (χ1) is 14.1. The molecule has 150 valence electrons. The first-order valence-electron chi connectivity index (χ1n) is 9.24. The van der Waals surface area contributed by atoms with E-state index in [-0.39, 0.29) is 24.1 Å². The Kier molecular flexibility index (Phi) is 5.30. The van der Waals surface area contributed by atoms with Gasteiger partial charge in [-0.05, 0) is 18.2 Å². The van der Waals surface area contributed by atoms with Crippen LogP contribution in [0.2, 0.25) is 0 Å². The molecule has 0 radical (unpaired) electrons. The van der Waals surface area contributed by atoms with Crippen molar-refractivity contribution in [1.82, 2.24) is 9.88 Å². The van der Waals surface area contributed by atoms with Gasteiger partial charge in [0.15, 0.2) is 5.69 Å². The number of benzene rings is 1. The molecule has 1 aliphatic heterocycles. The van der Waals surface area contributed by atoms with Crippen molar-refractivity contribution in [3.8, 4) is 11.5 Å². The predicted octanol–water partition coefficient (Wildman–Crippen LogP) is 1.79. The van der Waals surface area contributed by atoms with Crippen LogP contribution in [0.15, 0.2) is 58.0 Å². The van der Waals surface area contributed by atoms with E-state index in [2.05, 4.69) is 15.2 Å². The Morgan fingerprint density at radius 1 is 1.10 bits per heavy atom. The average Bonchev–Trinajstić information content (AvgIpc) is 3.40. The quantitative estimate of drug-likeness (QED) is 0.653. The number of oxazole rings is 1. The molecule has 2 aromatic heterocycles. The van der Waals surface area contributed by atoms with Crippen molar-refractivity contribution in [2.75, 3.05) is 42.9 Å². The first kappa shape index (κ1) is 18.8. The van der Waals surface area contributed by atoms with Crippen LogP contribution in [0.1, 0.15) is 10.5 Å². The molecule has 0 atom stereocenters. The number of nitrogens with one attached hydrogen (secondary N) is 1. The van der Waals surface area contributed by atoms with Crippen molar-refractivity contribution in [3.63, 3.8) is 0 Å². The van der Waals surface area contributed by atoms with E-state index in [1.54, 1.807) is 6.07 Å². The summed E-state index contributed by atoms with van der Waals surface area (Å²) in [6.07, 6.45) is 4.34. The maximum Gasteiger partial charge on any atom is 0.277 e. The molecule has 0 unspecified atom stereocenters. The van der Waals surface area contributed by atoms with Crippen LogP contribution in [0, 0.1) is 0 Å². The van der Waals surface area contributed by atoms with Gasteiger partial charge in [-0.25, -0.2) is 4.98 Å². The second-order valence-electron chi connectivity index (χ2n) is 6.75. The van der Waals surface area contributed by atoms with E-state index in [9.17, 15) is 9.59 Å². The Bertz CT molecular complexity index is 990. The van der Waals surface area contributed by atoms with Crippen molar-refractivity contribution in [2.45, 2.75) is 0 Å². The number of nitrogens with zero attached hydrogens (tertiary/aromatic N) is 3. The fraction of sp³-hybridized carbons (Fsp3) is 0.250. The second-order valence-corrected chi connectivity index (χ2v) is 6.75. The number of carbonyl (C=O) groups excluding carboxylic acids is 2. The lowest BCUT2D eigenvalue weighted by atomic mass is 10.2. The van der Waals surface area contributed by atoms with Crippen molar-refractivity contribution in [1.29, 1.82) is 0 Å². The van der Waals surface area contributed by atoms with E-state index in [1.807, 2.05) is 29.2 Å². The monoisotopic (exact) mass is 395 g/mol. The molecule has 29 heavy (non-hydrogen) atoms. The number of rotatable bonds is 6. The highest BCUT2D eigenvalue weighted by Gasteiger charge is 2.21. The average molecular weight is 395 g/mol. The molecular weight excluding hydrogens is 374 g/mol. The fourth-order valence-electron chi connectivity index (χ4n) is 3.31. The summed E-state index contributed by atoms with van der Waals surface area (Å²) in [6, 6.07) is 9.30. The number of hydrogen-bond donors (Lipinski definition) is 2. The van der Waals surface area contributed by atoms with Crippen LogP contribution in [0.3, 0.4) is 0 Å². The van der Waals surface area contributed by atoms with Gasteiger partial charge in [-0.3, -0.25) is 14.5 Å². The molecule has 0 saturated carbocycles. The van der Waals surface area contributed by atoms with Crippen molar-refractivity contribution in [2.24, 2.45) is 5.73 Å². The molecule has 9 heteroatoms.